The van der Waals surface area contributed by atoms with Crippen molar-refractivity contribution in [3.63, 3.8) is 0 Å². The Morgan fingerprint density at radius 1 is 1.03 bits per heavy atom. The lowest BCUT2D eigenvalue weighted by molar-refractivity contribution is -0.137. The molecule has 0 spiro atoms. The first-order valence-corrected chi connectivity index (χ1v) is 12.1. The van der Waals surface area contributed by atoms with E-state index in [9.17, 15) is 21.6 Å². The van der Waals surface area contributed by atoms with Gasteiger partial charge in [-0.2, -0.15) is 22.5 Å². The number of hydrogen-bond donors (Lipinski definition) is 0. The zero-order valence-corrected chi connectivity index (χ0v) is 18.0. The van der Waals surface area contributed by atoms with Crippen molar-refractivity contribution in [2.75, 3.05) is 26.2 Å². The molecular formula is C21H23F3N4O3S. The van der Waals surface area contributed by atoms with Gasteiger partial charge in [-0.3, -0.25) is 4.90 Å². The van der Waals surface area contributed by atoms with E-state index < -0.39 is 21.8 Å². The second kappa shape index (κ2) is 7.96. The van der Waals surface area contributed by atoms with Gasteiger partial charge in [-0.05, 0) is 43.2 Å². The smallest absolute Gasteiger partial charge is 0.416 e. The summed E-state index contributed by atoms with van der Waals surface area (Å²) in [5.74, 6) is 0.499. The van der Waals surface area contributed by atoms with Crippen LogP contribution >= 0.6 is 0 Å². The minimum Gasteiger partial charge on any atom is -0.459 e. The normalized spacial score (nSPS) is 25.0. The lowest BCUT2D eigenvalue weighted by Gasteiger charge is -2.36. The van der Waals surface area contributed by atoms with E-state index in [1.807, 2.05) is 6.07 Å². The van der Waals surface area contributed by atoms with Gasteiger partial charge in [0, 0.05) is 50.8 Å². The summed E-state index contributed by atoms with van der Waals surface area (Å²) >= 11 is 0. The number of piperazine rings is 1. The monoisotopic (exact) mass is 468 g/mol. The summed E-state index contributed by atoms with van der Waals surface area (Å²) in [6.45, 7) is 1.75. The van der Waals surface area contributed by atoms with Crippen molar-refractivity contribution in [2.45, 2.75) is 48.4 Å². The maximum Gasteiger partial charge on any atom is 0.416 e. The molecule has 7 nitrogen and oxygen atoms in total. The largest absolute Gasteiger partial charge is 0.459 e. The van der Waals surface area contributed by atoms with Gasteiger partial charge in [-0.15, -0.1) is 0 Å². The molecular weight excluding hydrogens is 445 g/mol. The number of sulfonamides is 1. The lowest BCUT2D eigenvalue weighted by atomic mass is 10.2. The number of hydrogen-bond acceptors (Lipinski definition) is 6. The van der Waals surface area contributed by atoms with Crippen molar-refractivity contribution < 1.29 is 26.3 Å². The maximum atomic E-state index is 13.0. The summed E-state index contributed by atoms with van der Waals surface area (Å²) in [6, 6.07) is 5.89. The van der Waals surface area contributed by atoms with E-state index in [1.54, 1.807) is 6.20 Å². The summed E-state index contributed by atoms with van der Waals surface area (Å²) in [5, 5.41) is 0. The first kappa shape index (κ1) is 21.6. The molecule has 5 rings (SSSR count). The second-order valence-electron chi connectivity index (χ2n) is 8.55. The van der Waals surface area contributed by atoms with Crippen molar-refractivity contribution in [3.05, 3.63) is 47.8 Å². The Kier molecular flexibility index (Phi) is 5.37. The van der Waals surface area contributed by atoms with Gasteiger partial charge in [0.15, 0.2) is 0 Å². The molecule has 2 aliphatic heterocycles. The van der Waals surface area contributed by atoms with E-state index in [-0.39, 0.29) is 30.1 Å². The number of rotatable bonds is 5. The minimum absolute atomic E-state index is 0.0235. The van der Waals surface area contributed by atoms with E-state index in [4.69, 9.17) is 4.74 Å². The highest BCUT2D eigenvalue weighted by atomic mass is 32.2. The van der Waals surface area contributed by atoms with Gasteiger partial charge in [-0.1, -0.05) is 0 Å². The summed E-state index contributed by atoms with van der Waals surface area (Å²) in [6.07, 6.45) is -0.0255. The molecule has 2 atom stereocenters. The summed E-state index contributed by atoms with van der Waals surface area (Å²) in [7, 11) is -3.87. The van der Waals surface area contributed by atoms with Crippen LogP contribution in [0, 0.1) is 0 Å². The first-order chi connectivity index (χ1) is 15.2. The van der Waals surface area contributed by atoms with Crippen molar-refractivity contribution in [1.29, 1.82) is 0 Å². The van der Waals surface area contributed by atoms with Gasteiger partial charge in [0.25, 0.3) is 0 Å². The molecule has 3 fully saturated rings. The molecule has 0 unspecified atom stereocenters. The summed E-state index contributed by atoms with van der Waals surface area (Å²) in [5.41, 5.74) is 0.129. The lowest BCUT2D eigenvalue weighted by Crippen LogP contribution is -2.51. The van der Waals surface area contributed by atoms with E-state index in [1.165, 1.54) is 4.31 Å². The van der Waals surface area contributed by atoms with Crippen LogP contribution in [0.3, 0.4) is 0 Å². The molecule has 0 radical (unpaired) electrons. The highest BCUT2D eigenvalue weighted by Crippen LogP contribution is 2.39. The predicted molar refractivity (Wildman–Crippen MR) is 109 cm³/mol. The quantitative estimate of drug-likeness (QED) is 0.672. The minimum atomic E-state index is -4.51. The van der Waals surface area contributed by atoms with Crippen LogP contribution in [-0.4, -0.2) is 65.9 Å². The highest BCUT2D eigenvalue weighted by molar-refractivity contribution is 7.89. The number of fused-ring (bicyclic) bond motifs is 1. The Hall–Kier alpha value is -2.24. The Balaban J connectivity index is 1.24. The Morgan fingerprint density at radius 2 is 1.78 bits per heavy atom. The molecule has 3 heterocycles. The molecule has 172 valence electrons. The van der Waals surface area contributed by atoms with Crippen molar-refractivity contribution in [1.82, 2.24) is 19.2 Å². The van der Waals surface area contributed by atoms with Crippen molar-refractivity contribution in [3.8, 4) is 6.01 Å². The third-order valence-electron chi connectivity index (χ3n) is 6.28. The fourth-order valence-electron chi connectivity index (χ4n) is 4.40. The van der Waals surface area contributed by atoms with Gasteiger partial charge >= 0.3 is 12.2 Å². The third kappa shape index (κ3) is 4.33. The van der Waals surface area contributed by atoms with Gasteiger partial charge < -0.3 is 4.74 Å². The molecule has 1 aromatic heterocycles. The number of benzene rings is 1. The number of aromatic nitrogens is 2. The molecule has 1 aliphatic carbocycles. The second-order valence-corrected chi connectivity index (χ2v) is 10.5. The average Bonchev–Trinajstić information content (AvgIpc) is 3.53. The fourth-order valence-corrected chi connectivity index (χ4v) is 5.87. The molecule has 11 heteroatoms. The van der Waals surface area contributed by atoms with E-state index in [0.29, 0.717) is 31.4 Å². The molecule has 0 amide bonds. The van der Waals surface area contributed by atoms with Crippen molar-refractivity contribution in [2.24, 2.45) is 0 Å². The van der Waals surface area contributed by atoms with Crippen LogP contribution in [0.25, 0.3) is 0 Å². The van der Waals surface area contributed by atoms with Crippen LogP contribution in [-0.2, 0) is 16.2 Å². The third-order valence-corrected chi connectivity index (χ3v) is 8.16. The van der Waals surface area contributed by atoms with Gasteiger partial charge in [0.05, 0.1) is 16.2 Å². The molecule has 0 N–H and O–H groups in total. The van der Waals surface area contributed by atoms with Gasteiger partial charge in [-0.25, -0.2) is 13.4 Å². The maximum absolute atomic E-state index is 13.0. The zero-order valence-electron chi connectivity index (χ0n) is 17.2. The molecule has 1 aromatic carbocycles. The first-order valence-electron chi connectivity index (χ1n) is 10.6. The SMILES string of the molecule is O=S(=O)(c1ccc(C(F)(F)F)cc1)N1CCN2C[C@H](Oc3nccc(C4CC4)n3)C[C@H]2C1. The standard InChI is InChI=1S/C21H23F3N4O3S/c22-21(23,24)15-3-5-18(6-4-15)32(29,30)28-10-9-27-13-17(11-16(27)12-28)31-20-25-8-7-19(26-20)14-1-2-14/h3-8,14,16-17H,1-2,9-13H2/t16-,17+/m0/s1. The van der Waals surface area contributed by atoms with Crippen LogP contribution in [0.5, 0.6) is 6.01 Å². The molecule has 0 bridgehead atoms. The molecule has 1 saturated carbocycles. The van der Waals surface area contributed by atoms with E-state index >= 15 is 0 Å². The van der Waals surface area contributed by atoms with Crippen LogP contribution in [0.1, 0.15) is 36.4 Å². The average molecular weight is 469 g/mol. The number of ether oxygens (including phenoxy) is 1. The Labute approximate surface area is 184 Å². The van der Waals surface area contributed by atoms with Crippen LogP contribution in [0.2, 0.25) is 0 Å². The molecule has 2 saturated heterocycles. The van der Waals surface area contributed by atoms with Gasteiger partial charge in [0.2, 0.25) is 10.0 Å². The van der Waals surface area contributed by atoms with E-state index in [2.05, 4.69) is 14.9 Å². The summed E-state index contributed by atoms with van der Waals surface area (Å²) < 4.78 is 71.7. The van der Waals surface area contributed by atoms with Crippen LogP contribution < -0.4 is 4.74 Å². The predicted octanol–water partition coefficient (Wildman–Crippen LogP) is 2.90. The molecule has 2 aromatic rings. The number of halogens is 3. The number of alkyl halides is 3. The zero-order chi connectivity index (χ0) is 22.5. The molecule has 32 heavy (non-hydrogen) atoms. The molecule has 3 aliphatic rings. The fraction of sp³-hybridized carbons (Fsp3) is 0.524. The van der Waals surface area contributed by atoms with Crippen molar-refractivity contribution >= 4 is 10.0 Å². The van der Waals surface area contributed by atoms with Crippen LogP contribution in [0.15, 0.2) is 41.4 Å². The Bertz CT molecular complexity index is 1090. The Morgan fingerprint density at radius 3 is 2.47 bits per heavy atom. The topological polar surface area (TPSA) is 75.6 Å². The number of nitrogens with zero attached hydrogens (tertiary/aromatic N) is 4. The van der Waals surface area contributed by atoms with Gasteiger partial charge in [0.1, 0.15) is 6.10 Å². The van der Waals surface area contributed by atoms with Crippen LogP contribution in [0.4, 0.5) is 13.2 Å². The summed E-state index contributed by atoms with van der Waals surface area (Å²) in [4.78, 5) is 10.8. The van der Waals surface area contributed by atoms with E-state index in [0.717, 1.165) is 42.8 Å². The highest BCUT2D eigenvalue weighted by Gasteiger charge is 2.41.